The standard InChI is InChI=1S/C18H26ClFN2O2/c1-3-13(4-2)17(22-7-9-24-10-8-22)12-21-18(23)15-6-5-14(20)11-16(15)19/h5-6,11,13,17H,3-4,7-10,12H2,1-2H3,(H,21,23)/t17-/m1/s1. The van der Waals surface area contributed by atoms with Gasteiger partial charge in [0.05, 0.1) is 23.8 Å². The third-order valence-electron chi connectivity index (χ3n) is 4.76. The number of hydrogen-bond acceptors (Lipinski definition) is 3. The summed E-state index contributed by atoms with van der Waals surface area (Å²) in [5.74, 6) is -0.198. The van der Waals surface area contributed by atoms with Gasteiger partial charge in [-0.15, -0.1) is 0 Å². The van der Waals surface area contributed by atoms with E-state index in [9.17, 15) is 9.18 Å². The van der Waals surface area contributed by atoms with Gasteiger partial charge < -0.3 is 10.1 Å². The van der Waals surface area contributed by atoms with Gasteiger partial charge in [0.2, 0.25) is 0 Å². The molecule has 6 heteroatoms. The predicted octanol–water partition coefficient (Wildman–Crippen LogP) is 3.35. The first-order valence-electron chi connectivity index (χ1n) is 8.61. The highest BCUT2D eigenvalue weighted by molar-refractivity contribution is 6.33. The molecule has 1 heterocycles. The zero-order chi connectivity index (χ0) is 17.5. The molecule has 1 saturated heterocycles. The van der Waals surface area contributed by atoms with Crippen molar-refractivity contribution < 1.29 is 13.9 Å². The summed E-state index contributed by atoms with van der Waals surface area (Å²) in [5, 5.41) is 3.11. The maximum atomic E-state index is 13.1. The van der Waals surface area contributed by atoms with Crippen LogP contribution < -0.4 is 5.32 Å². The predicted molar refractivity (Wildman–Crippen MR) is 94.0 cm³/mol. The van der Waals surface area contributed by atoms with E-state index in [-0.39, 0.29) is 17.0 Å². The van der Waals surface area contributed by atoms with Crippen molar-refractivity contribution in [1.29, 1.82) is 0 Å². The topological polar surface area (TPSA) is 41.6 Å². The quantitative estimate of drug-likeness (QED) is 0.814. The highest BCUT2D eigenvalue weighted by Gasteiger charge is 2.27. The molecule has 1 aliphatic rings. The summed E-state index contributed by atoms with van der Waals surface area (Å²) in [4.78, 5) is 14.8. The number of amides is 1. The number of rotatable bonds is 7. The van der Waals surface area contributed by atoms with E-state index in [1.807, 2.05) is 0 Å². The molecule has 0 radical (unpaired) electrons. The van der Waals surface area contributed by atoms with Crippen molar-refractivity contribution in [3.8, 4) is 0 Å². The molecule has 0 aliphatic carbocycles. The SMILES string of the molecule is CCC(CC)[C@@H](CNC(=O)c1ccc(F)cc1Cl)N1CCOCC1. The molecular weight excluding hydrogens is 331 g/mol. The van der Waals surface area contributed by atoms with Gasteiger partial charge in [0.1, 0.15) is 5.82 Å². The third kappa shape index (κ3) is 4.91. The lowest BCUT2D eigenvalue weighted by atomic mass is 9.92. The van der Waals surface area contributed by atoms with Gasteiger partial charge in [0.25, 0.3) is 5.91 Å². The Balaban J connectivity index is 2.04. The van der Waals surface area contributed by atoms with Crippen molar-refractivity contribution >= 4 is 17.5 Å². The molecule has 0 unspecified atom stereocenters. The van der Waals surface area contributed by atoms with Crippen LogP contribution in [-0.2, 0) is 4.74 Å². The second kappa shape index (κ2) is 9.35. The van der Waals surface area contributed by atoms with Crippen molar-refractivity contribution in [2.45, 2.75) is 32.7 Å². The van der Waals surface area contributed by atoms with E-state index < -0.39 is 5.82 Å². The molecule has 1 amide bonds. The maximum Gasteiger partial charge on any atom is 0.252 e. The van der Waals surface area contributed by atoms with Gasteiger partial charge in [0.15, 0.2) is 0 Å². The Kier molecular flexibility index (Phi) is 7.46. The highest BCUT2D eigenvalue weighted by atomic mass is 35.5. The van der Waals surface area contributed by atoms with Crippen LogP contribution >= 0.6 is 11.6 Å². The van der Waals surface area contributed by atoms with E-state index >= 15 is 0 Å². The molecular formula is C18H26ClFN2O2. The molecule has 0 saturated carbocycles. The lowest BCUT2D eigenvalue weighted by Gasteiger charge is -2.38. The number of morpholine rings is 1. The molecule has 1 aliphatic heterocycles. The molecule has 1 aromatic rings. The smallest absolute Gasteiger partial charge is 0.252 e. The van der Waals surface area contributed by atoms with Crippen LogP contribution in [0.15, 0.2) is 18.2 Å². The van der Waals surface area contributed by atoms with E-state index in [1.165, 1.54) is 12.1 Å². The van der Waals surface area contributed by atoms with Gasteiger partial charge >= 0.3 is 0 Å². The van der Waals surface area contributed by atoms with Gasteiger partial charge in [0, 0.05) is 25.7 Å². The third-order valence-corrected chi connectivity index (χ3v) is 5.07. The average Bonchev–Trinajstić information content (AvgIpc) is 2.59. The molecule has 2 rings (SSSR count). The molecule has 1 aromatic carbocycles. The first-order chi connectivity index (χ1) is 11.6. The Labute approximate surface area is 148 Å². The minimum atomic E-state index is -0.445. The number of hydrogen-bond donors (Lipinski definition) is 1. The monoisotopic (exact) mass is 356 g/mol. The lowest BCUT2D eigenvalue weighted by molar-refractivity contribution is 0.00191. The van der Waals surface area contributed by atoms with Gasteiger partial charge in [-0.25, -0.2) is 4.39 Å². The Morgan fingerprint density at radius 1 is 1.33 bits per heavy atom. The highest BCUT2D eigenvalue weighted by Crippen LogP contribution is 2.21. The summed E-state index contributed by atoms with van der Waals surface area (Å²) in [5.41, 5.74) is 0.309. The van der Waals surface area contributed by atoms with Gasteiger partial charge in [-0.1, -0.05) is 38.3 Å². The summed E-state index contributed by atoms with van der Waals surface area (Å²) in [6.07, 6.45) is 2.12. The fraction of sp³-hybridized carbons (Fsp3) is 0.611. The number of ether oxygens (including phenoxy) is 1. The zero-order valence-corrected chi connectivity index (χ0v) is 15.1. The first-order valence-corrected chi connectivity index (χ1v) is 8.99. The summed E-state index contributed by atoms with van der Waals surface area (Å²) >= 11 is 5.98. The molecule has 1 fully saturated rings. The zero-order valence-electron chi connectivity index (χ0n) is 14.4. The van der Waals surface area contributed by atoms with Crippen LogP contribution in [0.1, 0.15) is 37.0 Å². The van der Waals surface area contributed by atoms with Crippen LogP contribution in [0.3, 0.4) is 0 Å². The van der Waals surface area contributed by atoms with Crippen molar-refractivity contribution in [1.82, 2.24) is 10.2 Å². The number of benzene rings is 1. The Bertz CT molecular complexity index is 546. The van der Waals surface area contributed by atoms with Gasteiger partial charge in [-0.3, -0.25) is 9.69 Å². The van der Waals surface area contributed by atoms with Crippen LogP contribution in [0.25, 0.3) is 0 Å². The summed E-state index contributed by atoms with van der Waals surface area (Å²) in [7, 11) is 0. The fourth-order valence-corrected chi connectivity index (χ4v) is 3.56. The maximum absolute atomic E-state index is 13.1. The van der Waals surface area contributed by atoms with Gasteiger partial charge in [-0.2, -0.15) is 0 Å². The number of nitrogens with one attached hydrogen (secondary N) is 1. The molecule has 1 atom stereocenters. The van der Waals surface area contributed by atoms with Gasteiger partial charge in [-0.05, 0) is 24.1 Å². The van der Waals surface area contributed by atoms with Crippen molar-refractivity contribution in [3.63, 3.8) is 0 Å². The normalized spacial score (nSPS) is 17.0. The minimum absolute atomic E-state index is 0.137. The Hall–Kier alpha value is -1.17. The molecule has 0 spiro atoms. The molecule has 134 valence electrons. The van der Waals surface area contributed by atoms with E-state index in [4.69, 9.17) is 16.3 Å². The number of carbonyl (C=O) groups is 1. The Morgan fingerprint density at radius 2 is 2.00 bits per heavy atom. The fourth-order valence-electron chi connectivity index (χ4n) is 3.30. The largest absolute Gasteiger partial charge is 0.379 e. The molecule has 4 nitrogen and oxygen atoms in total. The van der Waals surface area contributed by atoms with E-state index in [1.54, 1.807) is 0 Å². The lowest BCUT2D eigenvalue weighted by Crippen LogP contribution is -2.52. The average molecular weight is 357 g/mol. The van der Waals surface area contributed by atoms with Crippen LogP contribution in [0.2, 0.25) is 5.02 Å². The second-order valence-corrected chi connectivity index (χ2v) is 6.53. The van der Waals surface area contributed by atoms with Crippen LogP contribution in [-0.4, -0.2) is 49.7 Å². The van der Waals surface area contributed by atoms with Crippen LogP contribution in [0, 0.1) is 11.7 Å². The van der Waals surface area contributed by atoms with E-state index in [0.29, 0.717) is 18.0 Å². The number of carbonyl (C=O) groups excluding carboxylic acids is 1. The summed E-state index contributed by atoms with van der Waals surface area (Å²) in [6.45, 7) is 8.14. The molecule has 0 bridgehead atoms. The minimum Gasteiger partial charge on any atom is -0.379 e. The molecule has 0 aromatic heterocycles. The summed E-state index contributed by atoms with van der Waals surface area (Å²) < 4.78 is 18.6. The van der Waals surface area contributed by atoms with Crippen LogP contribution in [0.5, 0.6) is 0 Å². The van der Waals surface area contributed by atoms with Crippen molar-refractivity contribution in [3.05, 3.63) is 34.6 Å². The molecule has 1 N–H and O–H groups in total. The van der Waals surface area contributed by atoms with E-state index in [2.05, 4.69) is 24.1 Å². The summed E-state index contributed by atoms with van der Waals surface area (Å²) in [6, 6.07) is 4.11. The number of nitrogens with zero attached hydrogens (tertiary/aromatic N) is 1. The van der Waals surface area contributed by atoms with E-state index in [0.717, 1.165) is 45.2 Å². The number of halogens is 2. The Morgan fingerprint density at radius 3 is 2.58 bits per heavy atom. The van der Waals surface area contributed by atoms with Crippen molar-refractivity contribution in [2.75, 3.05) is 32.8 Å². The van der Waals surface area contributed by atoms with Crippen molar-refractivity contribution in [2.24, 2.45) is 5.92 Å². The second-order valence-electron chi connectivity index (χ2n) is 6.13. The first kappa shape index (κ1) is 19.2. The van der Waals surface area contributed by atoms with Crippen LogP contribution in [0.4, 0.5) is 4.39 Å². The molecule has 24 heavy (non-hydrogen) atoms.